The van der Waals surface area contributed by atoms with E-state index < -0.39 is 0 Å². The van der Waals surface area contributed by atoms with Gasteiger partial charge in [-0.25, -0.2) is 0 Å². The van der Waals surface area contributed by atoms with Gasteiger partial charge in [0.15, 0.2) is 0 Å². The number of ether oxygens (including phenoxy) is 1. The van der Waals surface area contributed by atoms with Crippen LogP contribution in [0.3, 0.4) is 0 Å². The van der Waals surface area contributed by atoms with Crippen LogP contribution in [0, 0.1) is 25.2 Å². The summed E-state index contributed by atoms with van der Waals surface area (Å²) in [5.41, 5.74) is 3.18. The van der Waals surface area contributed by atoms with Crippen molar-refractivity contribution in [1.29, 1.82) is 5.26 Å². The van der Waals surface area contributed by atoms with Gasteiger partial charge in [0.05, 0.1) is 12.1 Å². The van der Waals surface area contributed by atoms with Crippen molar-refractivity contribution in [2.24, 2.45) is 0 Å². The van der Waals surface area contributed by atoms with Crippen molar-refractivity contribution in [1.82, 2.24) is 9.47 Å². The Kier molecular flexibility index (Phi) is 6.89. The minimum absolute atomic E-state index is 0.177. The third-order valence-electron chi connectivity index (χ3n) is 5.00. The molecule has 0 bridgehead atoms. The monoisotopic (exact) mass is 402 g/mol. The summed E-state index contributed by atoms with van der Waals surface area (Å²) in [6, 6.07) is 21.5. The van der Waals surface area contributed by atoms with Gasteiger partial charge in [-0.1, -0.05) is 36.4 Å². The summed E-state index contributed by atoms with van der Waals surface area (Å²) in [4.78, 5) is 14.6. The number of nitriles is 1. The molecule has 2 aromatic carbocycles. The molecule has 1 amide bonds. The van der Waals surface area contributed by atoms with E-state index in [1.165, 1.54) is 0 Å². The van der Waals surface area contributed by atoms with E-state index in [2.05, 4.69) is 11.4 Å². The molecule has 0 fully saturated rings. The lowest BCUT2D eigenvalue weighted by atomic mass is 10.2. The lowest BCUT2D eigenvalue weighted by molar-refractivity contribution is -0.117. The molecule has 0 saturated heterocycles. The number of amides is 1. The van der Waals surface area contributed by atoms with Crippen molar-refractivity contribution in [2.45, 2.75) is 13.8 Å². The highest BCUT2D eigenvalue weighted by Gasteiger charge is 2.21. The molecule has 0 aliphatic carbocycles. The van der Waals surface area contributed by atoms with E-state index in [1.54, 1.807) is 0 Å². The second-order valence-corrected chi connectivity index (χ2v) is 7.16. The standard InChI is InChI=1S/C24H26N4O2/c1-18-19(2)28(20-10-6-4-7-11-20)24(22(18)16-25)26-23(29)17-27(3)14-15-30-21-12-8-5-9-13-21/h4-13H,14-15,17H2,1-3H3,(H,26,29). The van der Waals surface area contributed by atoms with E-state index in [0.717, 1.165) is 22.7 Å². The highest BCUT2D eigenvalue weighted by atomic mass is 16.5. The highest BCUT2D eigenvalue weighted by Crippen LogP contribution is 2.29. The summed E-state index contributed by atoms with van der Waals surface area (Å²) in [6.45, 7) is 5.13. The lowest BCUT2D eigenvalue weighted by Gasteiger charge is -2.18. The Hall–Kier alpha value is -3.56. The molecule has 3 rings (SSSR count). The van der Waals surface area contributed by atoms with Gasteiger partial charge in [-0.15, -0.1) is 0 Å². The van der Waals surface area contributed by atoms with Gasteiger partial charge in [-0.3, -0.25) is 14.3 Å². The summed E-state index contributed by atoms with van der Waals surface area (Å²) < 4.78 is 7.61. The zero-order valence-electron chi connectivity index (χ0n) is 17.6. The number of hydrogen-bond acceptors (Lipinski definition) is 4. The molecule has 0 atom stereocenters. The largest absolute Gasteiger partial charge is 0.492 e. The minimum Gasteiger partial charge on any atom is -0.492 e. The molecule has 3 aromatic rings. The molecule has 0 aliphatic heterocycles. The number of aromatic nitrogens is 1. The van der Waals surface area contributed by atoms with Gasteiger partial charge < -0.3 is 10.1 Å². The maximum Gasteiger partial charge on any atom is 0.239 e. The second-order valence-electron chi connectivity index (χ2n) is 7.16. The van der Waals surface area contributed by atoms with E-state index in [-0.39, 0.29) is 12.5 Å². The number of hydrogen-bond donors (Lipinski definition) is 1. The molecule has 0 aliphatic rings. The number of rotatable bonds is 8. The van der Waals surface area contributed by atoms with Crippen molar-refractivity contribution in [3.05, 3.63) is 77.5 Å². The first-order chi connectivity index (χ1) is 14.5. The van der Waals surface area contributed by atoms with Crippen LogP contribution in [0.15, 0.2) is 60.7 Å². The smallest absolute Gasteiger partial charge is 0.239 e. The molecule has 0 spiro atoms. The number of nitrogens with one attached hydrogen (secondary N) is 1. The minimum atomic E-state index is -0.177. The van der Waals surface area contributed by atoms with Crippen molar-refractivity contribution in [2.75, 3.05) is 32.1 Å². The maximum absolute atomic E-state index is 12.7. The number of para-hydroxylation sites is 2. The molecule has 154 valence electrons. The van der Waals surface area contributed by atoms with Crippen LogP contribution in [0.2, 0.25) is 0 Å². The molecule has 1 heterocycles. The molecule has 30 heavy (non-hydrogen) atoms. The van der Waals surface area contributed by atoms with Gasteiger partial charge in [0.1, 0.15) is 24.2 Å². The normalized spacial score (nSPS) is 10.6. The number of benzene rings is 2. The summed E-state index contributed by atoms with van der Waals surface area (Å²) in [7, 11) is 1.87. The summed E-state index contributed by atoms with van der Waals surface area (Å²) in [5, 5.41) is 12.6. The van der Waals surface area contributed by atoms with Crippen LogP contribution in [-0.2, 0) is 4.79 Å². The number of carbonyl (C=O) groups excluding carboxylic acids is 1. The molecule has 6 nitrogen and oxygen atoms in total. The van der Waals surface area contributed by atoms with Gasteiger partial charge in [0, 0.05) is 17.9 Å². The maximum atomic E-state index is 12.7. The topological polar surface area (TPSA) is 70.3 Å². The number of likely N-dealkylation sites (N-methyl/N-ethyl adjacent to an activating group) is 1. The molecular formula is C24H26N4O2. The average Bonchev–Trinajstić information content (AvgIpc) is 2.98. The van der Waals surface area contributed by atoms with Gasteiger partial charge >= 0.3 is 0 Å². The van der Waals surface area contributed by atoms with Crippen molar-refractivity contribution < 1.29 is 9.53 Å². The first kappa shape index (κ1) is 21.2. The van der Waals surface area contributed by atoms with Crippen molar-refractivity contribution in [3.63, 3.8) is 0 Å². The molecule has 0 unspecified atom stereocenters. The molecule has 0 radical (unpaired) electrons. The predicted molar refractivity (Wildman–Crippen MR) is 118 cm³/mol. The number of nitrogens with zero attached hydrogens (tertiary/aromatic N) is 3. The van der Waals surface area contributed by atoms with Gasteiger partial charge in [0.2, 0.25) is 5.91 Å². The Morgan fingerprint density at radius 2 is 1.73 bits per heavy atom. The Morgan fingerprint density at radius 3 is 2.37 bits per heavy atom. The van der Waals surface area contributed by atoms with Crippen LogP contribution < -0.4 is 10.1 Å². The SMILES string of the molecule is Cc1c(C#N)c(NC(=O)CN(C)CCOc2ccccc2)n(-c2ccccc2)c1C. The number of carbonyl (C=O) groups is 1. The fourth-order valence-electron chi connectivity index (χ4n) is 3.29. The quantitative estimate of drug-likeness (QED) is 0.620. The summed E-state index contributed by atoms with van der Waals surface area (Å²) >= 11 is 0. The molecule has 0 saturated carbocycles. The molecular weight excluding hydrogens is 376 g/mol. The van der Waals surface area contributed by atoms with Crippen molar-refractivity contribution in [3.8, 4) is 17.5 Å². The third-order valence-corrected chi connectivity index (χ3v) is 5.00. The fourth-order valence-corrected chi connectivity index (χ4v) is 3.29. The van der Waals surface area contributed by atoms with Gasteiger partial charge in [-0.2, -0.15) is 5.26 Å². The lowest BCUT2D eigenvalue weighted by Crippen LogP contribution is -2.33. The van der Waals surface area contributed by atoms with Gasteiger partial charge in [0.25, 0.3) is 0 Å². The van der Waals surface area contributed by atoms with Crippen LogP contribution in [0.4, 0.5) is 5.82 Å². The summed E-state index contributed by atoms with van der Waals surface area (Å²) in [6.07, 6.45) is 0. The van der Waals surface area contributed by atoms with Gasteiger partial charge in [-0.05, 0) is 50.7 Å². The van der Waals surface area contributed by atoms with Crippen LogP contribution in [0.25, 0.3) is 5.69 Å². The zero-order valence-corrected chi connectivity index (χ0v) is 17.6. The Morgan fingerprint density at radius 1 is 1.10 bits per heavy atom. The second kappa shape index (κ2) is 9.77. The van der Waals surface area contributed by atoms with Crippen LogP contribution in [0.1, 0.15) is 16.8 Å². The fraction of sp³-hybridized carbons (Fsp3) is 0.250. The predicted octanol–water partition coefficient (Wildman–Crippen LogP) is 3.92. The Bertz CT molecular complexity index is 1040. The molecule has 1 N–H and O–H groups in total. The van der Waals surface area contributed by atoms with Crippen LogP contribution in [-0.4, -0.2) is 42.1 Å². The van der Waals surface area contributed by atoms with Crippen molar-refractivity contribution >= 4 is 11.7 Å². The highest BCUT2D eigenvalue weighted by molar-refractivity contribution is 5.93. The molecule has 6 heteroatoms. The van der Waals surface area contributed by atoms with E-state index >= 15 is 0 Å². The first-order valence-electron chi connectivity index (χ1n) is 9.85. The van der Waals surface area contributed by atoms with Crippen LogP contribution >= 0.6 is 0 Å². The number of anilines is 1. The Balaban J connectivity index is 1.67. The first-order valence-corrected chi connectivity index (χ1v) is 9.85. The average molecular weight is 402 g/mol. The van der Waals surface area contributed by atoms with E-state index in [4.69, 9.17) is 4.74 Å². The zero-order chi connectivity index (χ0) is 21.5. The molecule has 1 aromatic heterocycles. The Labute approximate surface area is 177 Å². The van der Waals surface area contributed by atoms with Crippen LogP contribution in [0.5, 0.6) is 5.75 Å². The van der Waals surface area contributed by atoms with E-state index in [1.807, 2.05) is 91.0 Å². The summed E-state index contributed by atoms with van der Waals surface area (Å²) in [5.74, 6) is 1.14. The van der Waals surface area contributed by atoms with E-state index in [0.29, 0.717) is 24.5 Å². The third kappa shape index (κ3) is 4.88. The van der Waals surface area contributed by atoms with E-state index in [9.17, 15) is 10.1 Å².